The van der Waals surface area contributed by atoms with Gasteiger partial charge in [-0.2, -0.15) is 0 Å². The predicted octanol–water partition coefficient (Wildman–Crippen LogP) is 1.93. The molecule has 1 aromatic rings. The summed E-state index contributed by atoms with van der Waals surface area (Å²) in [7, 11) is 0. The number of nitrogens with zero attached hydrogens (tertiary/aromatic N) is 1. The maximum Gasteiger partial charge on any atom is 0.126 e. The minimum absolute atomic E-state index is 0.557. The Hall–Kier alpha value is -0.760. The molecule has 10 heavy (non-hydrogen) atoms. The van der Waals surface area contributed by atoms with Gasteiger partial charge in [-0.25, -0.2) is 4.98 Å². The number of pyridine rings is 1. The zero-order chi connectivity index (χ0) is 7.72. The first-order valence-electron chi connectivity index (χ1n) is 3.00. The monoisotopic (exact) mass is 156 g/mol. The van der Waals surface area contributed by atoms with E-state index in [1.165, 1.54) is 0 Å². The second-order valence-corrected chi connectivity index (χ2v) is 2.65. The van der Waals surface area contributed by atoms with E-state index in [2.05, 4.69) is 4.98 Å². The zero-order valence-corrected chi connectivity index (χ0v) is 6.74. The summed E-state index contributed by atoms with van der Waals surface area (Å²) in [6.07, 6.45) is 1.57. The van der Waals surface area contributed by atoms with Crippen LogP contribution >= 0.6 is 11.6 Å². The van der Waals surface area contributed by atoms with Crippen molar-refractivity contribution in [2.45, 2.75) is 13.8 Å². The van der Waals surface area contributed by atoms with Crippen molar-refractivity contribution in [3.05, 3.63) is 22.3 Å². The summed E-state index contributed by atoms with van der Waals surface area (Å²) in [4.78, 5) is 3.88. The summed E-state index contributed by atoms with van der Waals surface area (Å²) in [6.45, 7) is 3.83. The first-order valence-corrected chi connectivity index (χ1v) is 3.38. The van der Waals surface area contributed by atoms with Gasteiger partial charge in [0.1, 0.15) is 5.82 Å². The highest BCUT2D eigenvalue weighted by Gasteiger charge is 2.01. The number of hydrogen-bond acceptors (Lipinski definition) is 2. The molecule has 1 heterocycles. The molecule has 0 bridgehead atoms. The van der Waals surface area contributed by atoms with Gasteiger partial charge in [-0.1, -0.05) is 11.6 Å². The Morgan fingerprint density at radius 1 is 1.40 bits per heavy atom. The van der Waals surface area contributed by atoms with Gasteiger partial charge in [0.05, 0.1) is 5.02 Å². The molecule has 0 aliphatic carbocycles. The lowest BCUT2D eigenvalue weighted by molar-refractivity contribution is 1.23. The smallest absolute Gasteiger partial charge is 0.126 e. The minimum Gasteiger partial charge on any atom is -0.383 e. The highest BCUT2D eigenvalue weighted by Crippen LogP contribution is 2.20. The van der Waals surface area contributed by atoms with E-state index in [9.17, 15) is 0 Å². The molecule has 0 aliphatic heterocycles. The average molecular weight is 157 g/mol. The number of rotatable bonds is 0. The molecule has 0 unspecified atom stereocenters. The maximum absolute atomic E-state index is 5.77. The first-order chi connectivity index (χ1) is 4.63. The Kier molecular flexibility index (Phi) is 1.81. The number of anilines is 1. The van der Waals surface area contributed by atoms with Crippen molar-refractivity contribution in [1.29, 1.82) is 0 Å². The van der Waals surface area contributed by atoms with Crippen LogP contribution in [-0.4, -0.2) is 4.98 Å². The Morgan fingerprint density at radius 3 is 2.50 bits per heavy atom. The zero-order valence-electron chi connectivity index (χ0n) is 5.98. The van der Waals surface area contributed by atoms with Crippen LogP contribution in [0.2, 0.25) is 5.02 Å². The SMILES string of the molecule is Cc1c(Cl)cnc(N)c1C. The van der Waals surface area contributed by atoms with Crippen molar-refractivity contribution >= 4 is 17.4 Å². The molecule has 2 N–H and O–H groups in total. The van der Waals surface area contributed by atoms with Crippen molar-refractivity contribution in [2.75, 3.05) is 5.73 Å². The van der Waals surface area contributed by atoms with E-state index in [0.717, 1.165) is 11.1 Å². The van der Waals surface area contributed by atoms with Gasteiger partial charge in [0.15, 0.2) is 0 Å². The Morgan fingerprint density at radius 2 is 2.00 bits per heavy atom. The fraction of sp³-hybridized carbons (Fsp3) is 0.286. The van der Waals surface area contributed by atoms with E-state index in [0.29, 0.717) is 10.8 Å². The third-order valence-electron chi connectivity index (χ3n) is 1.62. The van der Waals surface area contributed by atoms with E-state index in [4.69, 9.17) is 17.3 Å². The summed E-state index contributed by atoms with van der Waals surface area (Å²) >= 11 is 5.77. The summed E-state index contributed by atoms with van der Waals surface area (Å²) in [5.41, 5.74) is 7.49. The van der Waals surface area contributed by atoms with Gasteiger partial charge in [0.25, 0.3) is 0 Å². The van der Waals surface area contributed by atoms with Crippen LogP contribution in [0.15, 0.2) is 6.20 Å². The molecule has 0 aliphatic rings. The molecule has 0 fully saturated rings. The number of halogens is 1. The van der Waals surface area contributed by atoms with Gasteiger partial charge in [-0.3, -0.25) is 0 Å². The van der Waals surface area contributed by atoms with Crippen LogP contribution in [0.5, 0.6) is 0 Å². The van der Waals surface area contributed by atoms with E-state index < -0.39 is 0 Å². The molecule has 3 heteroatoms. The van der Waals surface area contributed by atoms with Crippen molar-refractivity contribution in [3.8, 4) is 0 Å². The third kappa shape index (κ3) is 1.07. The van der Waals surface area contributed by atoms with E-state index in [-0.39, 0.29) is 0 Å². The molecule has 2 nitrogen and oxygen atoms in total. The second kappa shape index (κ2) is 2.46. The molecule has 0 radical (unpaired) electrons. The molecule has 0 aromatic carbocycles. The quantitative estimate of drug-likeness (QED) is 0.624. The lowest BCUT2D eigenvalue weighted by atomic mass is 10.2. The van der Waals surface area contributed by atoms with E-state index in [1.807, 2.05) is 13.8 Å². The number of nitrogens with two attached hydrogens (primary N) is 1. The Balaban J connectivity index is 3.34. The summed E-state index contributed by atoms with van der Waals surface area (Å²) in [6, 6.07) is 0. The predicted molar refractivity (Wildman–Crippen MR) is 43.1 cm³/mol. The minimum atomic E-state index is 0.557. The van der Waals surface area contributed by atoms with Crippen LogP contribution in [0.4, 0.5) is 5.82 Å². The summed E-state index contributed by atoms with van der Waals surface area (Å²) < 4.78 is 0. The number of hydrogen-bond donors (Lipinski definition) is 1. The van der Waals surface area contributed by atoms with Crippen LogP contribution in [-0.2, 0) is 0 Å². The van der Waals surface area contributed by atoms with Crippen molar-refractivity contribution in [1.82, 2.24) is 4.98 Å². The molecule has 1 aromatic heterocycles. The van der Waals surface area contributed by atoms with Crippen molar-refractivity contribution < 1.29 is 0 Å². The normalized spacial score (nSPS) is 9.90. The highest BCUT2D eigenvalue weighted by molar-refractivity contribution is 6.31. The highest BCUT2D eigenvalue weighted by atomic mass is 35.5. The molecule has 0 amide bonds. The van der Waals surface area contributed by atoms with Gasteiger partial charge in [0, 0.05) is 6.20 Å². The van der Waals surface area contributed by atoms with Crippen molar-refractivity contribution in [3.63, 3.8) is 0 Å². The fourth-order valence-electron chi connectivity index (χ4n) is 0.691. The lowest BCUT2D eigenvalue weighted by Gasteiger charge is -2.03. The standard InChI is InChI=1S/C7H9ClN2/c1-4-5(2)7(9)10-3-6(4)8/h3H,1-2H3,(H2,9,10). The summed E-state index contributed by atoms with van der Waals surface area (Å²) in [5, 5.41) is 0.673. The molecular formula is C7H9ClN2. The molecule has 54 valence electrons. The molecule has 0 spiro atoms. The maximum atomic E-state index is 5.77. The largest absolute Gasteiger partial charge is 0.383 e. The lowest BCUT2D eigenvalue weighted by Crippen LogP contribution is -1.95. The van der Waals surface area contributed by atoms with Crippen LogP contribution in [0.3, 0.4) is 0 Å². The first kappa shape index (κ1) is 7.35. The Bertz CT molecular complexity index is 231. The third-order valence-corrected chi connectivity index (χ3v) is 2.00. The number of aromatic nitrogens is 1. The topological polar surface area (TPSA) is 38.9 Å². The average Bonchev–Trinajstić information content (AvgIpc) is 1.93. The van der Waals surface area contributed by atoms with Crippen LogP contribution in [0, 0.1) is 13.8 Å². The molecule has 1 rings (SSSR count). The van der Waals surface area contributed by atoms with E-state index >= 15 is 0 Å². The Labute approximate surface area is 65.0 Å². The summed E-state index contributed by atoms with van der Waals surface area (Å²) in [5.74, 6) is 0.557. The molecule has 0 saturated carbocycles. The van der Waals surface area contributed by atoms with Crippen molar-refractivity contribution in [2.24, 2.45) is 0 Å². The molecule has 0 atom stereocenters. The van der Waals surface area contributed by atoms with Gasteiger partial charge in [-0.15, -0.1) is 0 Å². The van der Waals surface area contributed by atoms with Gasteiger partial charge < -0.3 is 5.73 Å². The van der Waals surface area contributed by atoms with Gasteiger partial charge >= 0.3 is 0 Å². The number of nitrogen functional groups attached to an aromatic ring is 1. The second-order valence-electron chi connectivity index (χ2n) is 2.24. The van der Waals surface area contributed by atoms with Crippen LogP contribution in [0.25, 0.3) is 0 Å². The fourth-order valence-corrected chi connectivity index (χ4v) is 0.882. The van der Waals surface area contributed by atoms with Crippen LogP contribution < -0.4 is 5.73 Å². The van der Waals surface area contributed by atoms with Gasteiger partial charge in [-0.05, 0) is 25.0 Å². The van der Waals surface area contributed by atoms with Crippen LogP contribution in [0.1, 0.15) is 11.1 Å². The van der Waals surface area contributed by atoms with Gasteiger partial charge in [0.2, 0.25) is 0 Å². The molecular weight excluding hydrogens is 148 g/mol. The van der Waals surface area contributed by atoms with E-state index in [1.54, 1.807) is 6.20 Å². The molecule has 0 saturated heterocycles.